The molecule has 0 radical (unpaired) electrons. The Hall–Kier alpha value is -2.71. The van der Waals surface area contributed by atoms with Crippen molar-refractivity contribution in [2.45, 2.75) is 31.7 Å². The number of halogens is 1. The van der Waals surface area contributed by atoms with Crippen LogP contribution in [0.25, 0.3) is 0 Å². The van der Waals surface area contributed by atoms with Gasteiger partial charge in [0.2, 0.25) is 5.91 Å². The van der Waals surface area contributed by atoms with Gasteiger partial charge in [-0.3, -0.25) is 4.79 Å². The van der Waals surface area contributed by atoms with E-state index in [4.69, 9.17) is 21.1 Å². The molecule has 0 spiro atoms. The average molecular weight is 447 g/mol. The predicted octanol–water partition coefficient (Wildman–Crippen LogP) is 4.83. The van der Waals surface area contributed by atoms with Crippen LogP contribution in [-0.2, 0) is 11.3 Å². The number of nitrogens with zero attached hydrogens (tertiary/aromatic N) is 3. The summed E-state index contributed by atoms with van der Waals surface area (Å²) in [5.41, 5.74) is 0.709. The number of thioether (sulfide) groups is 1. The average Bonchev–Trinajstić information content (AvgIpc) is 3.17. The Morgan fingerprint density at radius 2 is 1.93 bits per heavy atom. The molecule has 3 rings (SSSR count). The molecule has 0 saturated heterocycles. The van der Waals surface area contributed by atoms with Crippen LogP contribution < -0.4 is 14.8 Å². The Morgan fingerprint density at radius 1 is 1.20 bits per heavy atom. The zero-order chi connectivity index (χ0) is 21.5. The monoisotopic (exact) mass is 446 g/mol. The lowest BCUT2D eigenvalue weighted by atomic mass is 10.3. The highest BCUT2D eigenvalue weighted by molar-refractivity contribution is 7.99. The number of amides is 1. The molecule has 0 aliphatic carbocycles. The molecule has 158 valence electrons. The molecule has 1 atom stereocenters. The predicted molar refractivity (Wildman–Crippen MR) is 119 cm³/mol. The Balaban J connectivity index is 1.62. The molecule has 0 unspecified atom stereocenters. The fourth-order valence-electron chi connectivity index (χ4n) is 2.79. The van der Waals surface area contributed by atoms with Crippen molar-refractivity contribution < 1.29 is 14.3 Å². The Kier molecular flexibility index (Phi) is 7.59. The van der Waals surface area contributed by atoms with Crippen molar-refractivity contribution in [2.75, 3.05) is 18.2 Å². The first-order valence-electron chi connectivity index (χ1n) is 9.42. The van der Waals surface area contributed by atoms with Gasteiger partial charge in [-0.25, -0.2) is 0 Å². The summed E-state index contributed by atoms with van der Waals surface area (Å²) in [5.74, 6) is 2.09. The first-order chi connectivity index (χ1) is 14.5. The van der Waals surface area contributed by atoms with Crippen molar-refractivity contribution in [2.24, 2.45) is 0 Å². The summed E-state index contributed by atoms with van der Waals surface area (Å²) in [6.45, 7) is 4.54. The van der Waals surface area contributed by atoms with E-state index >= 15 is 0 Å². The van der Waals surface area contributed by atoms with Crippen LogP contribution in [0.3, 0.4) is 0 Å². The number of hydrogen-bond donors (Lipinski definition) is 1. The van der Waals surface area contributed by atoms with Crippen molar-refractivity contribution in [3.63, 3.8) is 0 Å². The number of nitrogens with one attached hydrogen (secondary N) is 1. The molecular formula is C21H23ClN4O3S. The zero-order valence-corrected chi connectivity index (χ0v) is 18.5. The third kappa shape index (κ3) is 5.46. The van der Waals surface area contributed by atoms with Crippen molar-refractivity contribution in [3.8, 4) is 11.5 Å². The summed E-state index contributed by atoms with van der Waals surface area (Å²) < 4.78 is 13.0. The maximum atomic E-state index is 12.3. The molecule has 0 aliphatic rings. The molecule has 1 N–H and O–H groups in total. The molecular weight excluding hydrogens is 424 g/mol. The van der Waals surface area contributed by atoms with Gasteiger partial charge in [-0.05, 0) is 50.2 Å². The number of methoxy groups -OCH3 is 1. The number of rotatable bonds is 9. The van der Waals surface area contributed by atoms with Crippen LogP contribution >= 0.6 is 23.4 Å². The van der Waals surface area contributed by atoms with Gasteiger partial charge in [0.05, 0.1) is 17.9 Å². The normalized spacial score (nSPS) is 11.7. The summed E-state index contributed by atoms with van der Waals surface area (Å²) in [5, 5.41) is 12.6. The lowest BCUT2D eigenvalue weighted by Gasteiger charge is -2.16. The van der Waals surface area contributed by atoms with Gasteiger partial charge in [-0.2, -0.15) is 0 Å². The molecule has 1 heterocycles. The molecule has 1 aromatic heterocycles. The van der Waals surface area contributed by atoms with E-state index in [1.165, 1.54) is 11.8 Å². The van der Waals surface area contributed by atoms with E-state index in [9.17, 15) is 4.79 Å². The first-order valence-corrected chi connectivity index (χ1v) is 10.8. The minimum absolute atomic E-state index is 0.127. The van der Waals surface area contributed by atoms with Crippen LogP contribution in [0.1, 0.15) is 25.8 Å². The fraction of sp³-hybridized carbons (Fsp3) is 0.286. The van der Waals surface area contributed by atoms with Crippen molar-refractivity contribution >= 4 is 35.0 Å². The molecule has 2 aromatic carbocycles. The van der Waals surface area contributed by atoms with E-state index in [2.05, 4.69) is 15.5 Å². The van der Waals surface area contributed by atoms with E-state index in [1.54, 1.807) is 37.4 Å². The molecule has 1 amide bonds. The lowest BCUT2D eigenvalue weighted by Crippen LogP contribution is -2.15. The minimum atomic E-state index is -0.347. The Bertz CT molecular complexity index is 994. The molecule has 7 nitrogen and oxygen atoms in total. The van der Waals surface area contributed by atoms with Crippen LogP contribution in [0, 0.1) is 0 Å². The second-order valence-electron chi connectivity index (χ2n) is 6.34. The van der Waals surface area contributed by atoms with Gasteiger partial charge < -0.3 is 19.4 Å². The topological polar surface area (TPSA) is 78.3 Å². The number of anilines is 1. The number of carbonyl (C=O) groups is 1. The van der Waals surface area contributed by atoms with Gasteiger partial charge in [-0.1, -0.05) is 35.5 Å². The van der Waals surface area contributed by atoms with E-state index in [0.717, 1.165) is 5.75 Å². The van der Waals surface area contributed by atoms with Gasteiger partial charge in [0.1, 0.15) is 11.5 Å². The van der Waals surface area contributed by atoms with E-state index < -0.39 is 0 Å². The smallest absolute Gasteiger partial charge is 0.234 e. The van der Waals surface area contributed by atoms with E-state index in [0.29, 0.717) is 34.0 Å². The number of carbonyl (C=O) groups excluding carboxylic acids is 1. The molecule has 0 bridgehead atoms. The van der Waals surface area contributed by atoms with Crippen LogP contribution in [0.5, 0.6) is 11.5 Å². The second kappa shape index (κ2) is 10.4. The summed E-state index contributed by atoms with van der Waals surface area (Å²) in [7, 11) is 1.60. The Labute approximate surface area is 184 Å². The molecule has 9 heteroatoms. The standard InChI is InChI=1S/C21H23ClN4O3S/c1-4-26-20(14(2)29-18-8-6-5-7-17(18)22)24-25-21(26)30-13-19(27)23-15-9-11-16(28-3)12-10-15/h5-12,14H,4,13H2,1-3H3,(H,23,27)/t14-/m1/s1. The van der Waals surface area contributed by atoms with E-state index in [1.807, 2.05) is 36.6 Å². The number of hydrogen-bond acceptors (Lipinski definition) is 6. The molecule has 0 fully saturated rings. The summed E-state index contributed by atoms with van der Waals surface area (Å²) >= 11 is 7.50. The molecule has 3 aromatic rings. The number of aromatic nitrogens is 3. The maximum absolute atomic E-state index is 12.3. The number of para-hydroxylation sites is 1. The molecule has 0 saturated carbocycles. The zero-order valence-electron chi connectivity index (χ0n) is 17.0. The number of ether oxygens (including phenoxy) is 2. The summed E-state index contributed by atoms with van der Waals surface area (Å²) in [6, 6.07) is 14.5. The molecule has 0 aliphatic heterocycles. The highest BCUT2D eigenvalue weighted by Gasteiger charge is 2.20. The van der Waals surface area contributed by atoms with Crippen LogP contribution in [0.2, 0.25) is 5.02 Å². The molecule has 30 heavy (non-hydrogen) atoms. The largest absolute Gasteiger partial charge is 0.497 e. The van der Waals surface area contributed by atoms with Crippen molar-refractivity contribution in [1.29, 1.82) is 0 Å². The van der Waals surface area contributed by atoms with Gasteiger partial charge in [0.25, 0.3) is 0 Å². The minimum Gasteiger partial charge on any atom is -0.497 e. The van der Waals surface area contributed by atoms with Gasteiger partial charge in [-0.15, -0.1) is 10.2 Å². The summed E-state index contributed by atoms with van der Waals surface area (Å²) in [4.78, 5) is 12.3. The third-order valence-electron chi connectivity index (χ3n) is 4.27. The van der Waals surface area contributed by atoms with Gasteiger partial charge in [0.15, 0.2) is 17.1 Å². The highest BCUT2D eigenvalue weighted by atomic mass is 35.5. The van der Waals surface area contributed by atoms with Crippen molar-refractivity contribution in [1.82, 2.24) is 14.8 Å². The second-order valence-corrected chi connectivity index (χ2v) is 7.69. The third-order valence-corrected chi connectivity index (χ3v) is 5.55. The SMILES string of the molecule is CCn1c(SCC(=O)Nc2ccc(OC)cc2)nnc1[C@@H](C)Oc1ccccc1Cl. The van der Waals surface area contributed by atoms with Crippen LogP contribution in [-0.4, -0.2) is 33.5 Å². The fourth-order valence-corrected chi connectivity index (χ4v) is 3.78. The van der Waals surface area contributed by atoms with E-state index in [-0.39, 0.29) is 17.8 Å². The quantitative estimate of drug-likeness (QED) is 0.474. The first kappa shape index (κ1) is 22.0. The number of benzene rings is 2. The van der Waals surface area contributed by atoms with Crippen LogP contribution in [0.15, 0.2) is 53.7 Å². The van der Waals surface area contributed by atoms with Gasteiger partial charge >= 0.3 is 0 Å². The van der Waals surface area contributed by atoms with Crippen molar-refractivity contribution in [3.05, 3.63) is 59.4 Å². The van der Waals surface area contributed by atoms with Gasteiger partial charge in [0, 0.05) is 12.2 Å². The lowest BCUT2D eigenvalue weighted by molar-refractivity contribution is -0.113. The summed E-state index contributed by atoms with van der Waals surface area (Å²) in [6.07, 6.45) is -0.347. The van der Waals surface area contributed by atoms with Crippen LogP contribution in [0.4, 0.5) is 5.69 Å². The highest BCUT2D eigenvalue weighted by Crippen LogP contribution is 2.29. The maximum Gasteiger partial charge on any atom is 0.234 e. The Morgan fingerprint density at radius 3 is 2.60 bits per heavy atom.